The Morgan fingerprint density at radius 3 is 2.83 bits per heavy atom. The van der Waals surface area contributed by atoms with Crippen LogP contribution >= 0.6 is 11.3 Å². The van der Waals surface area contributed by atoms with E-state index < -0.39 is 5.60 Å². The number of nitrogens with zero attached hydrogens (tertiary/aromatic N) is 2. The maximum Gasteiger partial charge on any atom is 0.410 e. The van der Waals surface area contributed by atoms with Crippen molar-refractivity contribution in [3.63, 3.8) is 0 Å². The molecule has 1 aromatic carbocycles. The van der Waals surface area contributed by atoms with Crippen molar-refractivity contribution in [1.82, 2.24) is 9.88 Å². The summed E-state index contributed by atoms with van der Waals surface area (Å²) in [7, 11) is 1.74. The number of hydrogen-bond acceptors (Lipinski definition) is 5. The number of carbonyl (C=O) groups is 1. The summed E-state index contributed by atoms with van der Waals surface area (Å²) in [4.78, 5) is 17.8. The summed E-state index contributed by atoms with van der Waals surface area (Å²) in [5.74, 6) is 0. The summed E-state index contributed by atoms with van der Waals surface area (Å²) in [6.07, 6.45) is -0.321. The van der Waals surface area contributed by atoms with Crippen molar-refractivity contribution < 1.29 is 9.53 Å². The van der Waals surface area contributed by atoms with Crippen LogP contribution < -0.4 is 5.32 Å². The number of aromatic nitrogens is 1. The van der Waals surface area contributed by atoms with Crippen molar-refractivity contribution in [2.45, 2.75) is 39.5 Å². The predicted octanol–water partition coefficient (Wildman–Crippen LogP) is 4.12. The lowest BCUT2D eigenvalue weighted by Gasteiger charge is -2.24. The van der Waals surface area contributed by atoms with Crippen LogP contribution in [-0.4, -0.2) is 28.6 Å². The van der Waals surface area contributed by atoms with Gasteiger partial charge in [0, 0.05) is 24.7 Å². The van der Waals surface area contributed by atoms with Gasteiger partial charge in [-0.3, -0.25) is 0 Å². The van der Waals surface area contributed by atoms with Crippen molar-refractivity contribution in [2.24, 2.45) is 0 Å². The Morgan fingerprint density at radius 1 is 1.39 bits per heavy atom. The Balaban J connectivity index is 1.92. The highest BCUT2D eigenvalue weighted by Gasteiger charge is 2.19. The molecule has 0 bridgehead atoms. The average Bonchev–Trinajstić information content (AvgIpc) is 2.97. The third-order valence-corrected chi connectivity index (χ3v) is 3.64. The largest absolute Gasteiger partial charge is 0.444 e. The van der Waals surface area contributed by atoms with Gasteiger partial charge in [-0.1, -0.05) is 12.1 Å². The van der Waals surface area contributed by atoms with E-state index in [0.29, 0.717) is 13.1 Å². The number of carbonyl (C=O) groups excluding carboxylic acids is 1. The molecule has 1 heterocycles. The third kappa shape index (κ3) is 5.90. The van der Waals surface area contributed by atoms with Gasteiger partial charge in [-0.25, -0.2) is 9.78 Å². The highest BCUT2D eigenvalue weighted by atomic mass is 32.1. The van der Waals surface area contributed by atoms with Crippen LogP contribution in [0.15, 0.2) is 35.2 Å². The first-order valence-electron chi connectivity index (χ1n) is 7.47. The summed E-state index contributed by atoms with van der Waals surface area (Å²) < 4.78 is 5.36. The molecular weight excluding hydrogens is 310 g/mol. The molecule has 124 valence electrons. The molecular formula is C17H23N3O2S. The van der Waals surface area contributed by atoms with Gasteiger partial charge in [-0.05, 0) is 38.5 Å². The van der Waals surface area contributed by atoms with E-state index in [2.05, 4.69) is 10.3 Å². The van der Waals surface area contributed by atoms with Crippen molar-refractivity contribution >= 4 is 23.1 Å². The van der Waals surface area contributed by atoms with Crippen LogP contribution in [0.1, 0.15) is 32.0 Å². The summed E-state index contributed by atoms with van der Waals surface area (Å²) in [6.45, 7) is 6.78. The molecule has 1 aromatic heterocycles. The second kappa shape index (κ2) is 7.46. The van der Waals surface area contributed by atoms with E-state index in [4.69, 9.17) is 4.74 Å². The minimum atomic E-state index is -0.484. The molecule has 0 fully saturated rings. The van der Waals surface area contributed by atoms with Crippen LogP contribution in [0.25, 0.3) is 0 Å². The molecule has 6 heteroatoms. The van der Waals surface area contributed by atoms with Crippen molar-refractivity contribution in [1.29, 1.82) is 0 Å². The zero-order valence-electron chi connectivity index (χ0n) is 14.0. The van der Waals surface area contributed by atoms with Crippen LogP contribution in [0.5, 0.6) is 0 Å². The first kappa shape index (κ1) is 17.3. The predicted molar refractivity (Wildman–Crippen MR) is 93.6 cm³/mol. The van der Waals surface area contributed by atoms with Crippen molar-refractivity contribution in [3.8, 4) is 0 Å². The van der Waals surface area contributed by atoms with Crippen LogP contribution in [0.4, 0.5) is 10.5 Å². The molecule has 0 aliphatic carbocycles. The van der Waals surface area contributed by atoms with E-state index in [1.54, 1.807) is 23.3 Å². The lowest BCUT2D eigenvalue weighted by Crippen LogP contribution is -2.33. The second-order valence-corrected chi connectivity index (χ2v) is 7.09. The molecule has 0 unspecified atom stereocenters. The maximum absolute atomic E-state index is 12.0. The Hall–Kier alpha value is -2.08. The third-order valence-electron chi connectivity index (χ3n) is 3.01. The van der Waals surface area contributed by atoms with Gasteiger partial charge in [-0.2, -0.15) is 0 Å². The number of ether oxygens (including phenoxy) is 1. The highest BCUT2D eigenvalue weighted by Crippen LogP contribution is 2.15. The Kier molecular flexibility index (Phi) is 5.60. The number of hydrogen-bond donors (Lipinski definition) is 1. The molecule has 2 rings (SSSR count). The summed E-state index contributed by atoms with van der Waals surface area (Å²) >= 11 is 1.58. The van der Waals surface area contributed by atoms with Gasteiger partial charge in [0.25, 0.3) is 0 Å². The topological polar surface area (TPSA) is 54.5 Å². The zero-order chi connectivity index (χ0) is 16.9. The zero-order valence-corrected chi connectivity index (χ0v) is 14.8. The first-order valence-corrected chi connectivity index (χ1v) is 8.42. The van der Waals surface area contributed by atoms with E-state index in [0.717, 1.165) is 16.9 Å². The second-order valence-electron chi connectivity index (χ2n) is 6.37. The first-order chi connectivity index (χ1) is 10.8. The lowest BCUT2D eigenvalue weighted by atomic mass is 10.2. The molecule has 0 radical (unpaired) electrons. The molecule has 2 aromatic rings. The van der Waals surface area contributed by atoms with Crippen LogP contribution in [0.3, 0.4) is 0 Å². The van der Waals surface area contributed by atoms with Gasteiger partial charge in [0.15, 0.2) is 0 Å². The quantitative estimate of drug-likeness (QED) is 0.894. The van der Waals surface area contributed by atoms with Gasteiger partial charge in [0.05, 0.1) is 17.7 Å². The molecule has 0 aliphatic heterocycles. The summed E-state index contributed by atoms with van der Waals surface area (Å²) in [5, 5.41) is 5.36. The highest BCUT2D eigenvalue weighted by molar-refractivity contribution is 7.07. The standard InChI is InChI=1S/C17H23N3O2S/c1-17(2,3)22-16(21)20(4)10-13-6-5-7-14(8-13)18-9-15-11-23-12-19-15/h5-8,11-12,18H,9-10H2,1-4H3. The Labute approximate surface area is 141 Å². The molecule has 1 N–H and O–H groups in total. The minimum Gasteiger partial charge on any atom is -0.444 e. The maximum atomic E-state index is 12.0. The number of anilines is 1. The Bertz CT molecular complexity index is 636. The number of nitrogens with one attached hydrogen (secondary N) is 1. The number of thiazole rings is 1. The van der Waals surface area contributed by atoms with Gasteiger partial charge in [0.2, 0.25) is 0 Å². The van der Waals surface area contributed by atoms with E-state index in [9.17, 15) is 4.79 Å². The minimum absolute atomic E-state index is 0.321. The smallest absolute Gasteiger partial charge is 0.410 e. The molecule has 0 atom stereocenters. The van der Waals surface area contributed by atoms with Gasteiger partial charge < -0.3 is 15.0 Å². The van der Waals surface area contributed by atoms with Crippen molar-refractivity contribution in [2.75, 3.05) is 12.4 Å². The van der Waals surface area contributed by atoms with Gasteiger partial charge in [0.1, 0.15) is 5.60 Å². The molecule has 0 saturated carbocycles. The SMILES string of the molecule is CN(Cc1cccc(NCc2cscn2)c1)C(=O)OC(C)(C)C. The monoisotopic (exact) mass is 333 g/mol. The molecule has 0 spiro atoms. The fraction of sp³-hybridized carbons (Fsp3) is 0.412. The molecule has 0 aliphatic rings. The normalized spacial score (nSPS) is 11.1. The van der Waals surface area contributed by atoms with Crippen LogP contribution in [0, 0.1) is 0 Å². The lowest BCUT2D eigenvalue weighted by molar-refractivity contribution is 0.0285. The van der Waals surface area contributed by atoms with Crippen molar-refractivity contribution in [3.05, 3.63) is 46.4 Å². The molecule has 5 nitrogen and oxygen atoms in total. The van der Waals surface area contributed by atoms with E-state index >= 15 is 0 Å². The number of amides is 1. The average molecular weight is 333 g/mol. The van der Waals surface area contributed by atoms with E-state index in [-0.39, 0.29) is 6.09 Å². The Morgan fingerprint density at radius 2 is 2.17 bits per heavy atom. The molecule has 1 amide bonds. The van der Waals surface area contributed by atoms with Gasteiger partial charge in [-0.15, -0.1) is 11.3 Å². The van der Waals surface area contributed by atoms with Gasteiger partial charge >= 0.3 is 6.09 Å². The van der Waals surface area contributed by atoms with Crippen LogP contribution in [0.2, 0.25) is 0 Å². The number of rotatable bonds is 5. The number of benzene rings is 1. The van der Waals surface area contributed by atoms with E-state index in [1.807, 2.05) is 55.9 Å². The molecule has 23 heavy (non-hydrogen) atoms. The fourth-order valence-electron chi connectivity index (χ4n) is 1.98. The molecule has 0 saturated heterocycles. The summed E-state index contributed by atoms with van der Waals surface area (Å²) in [5.41, 5.74) is 4.41. The van der Waals surface area contributed by atoms with E-state index in [1.165, 1.54) is 0 Å². The fourth-order valence-corrected chi connectivity index (χ4v) is 2.53. The van der Waals surface area contributed by atoms with Crippen LogP contribution in [-0.2, 0) is 17.8 Å². The summed E-state index contributed by atoms with van der Waals surface area (Å²) in [6, 6.07) is 8.01.